The molecule has 0 atom stereocenters. The van der Waals surface area contributed by atoms with Gasteiger partial charge in [-0.15, -0.1) is 0 Å². The molecule has 0 radical (unpaired) electrons. The van der Waals surface area contributed by atoms with Gasteiger partial charge in [-0.3, -0.25) is 4.55 Å². The van der Waals surface area contributed by atoms with Crippen LogP contribution >= 0.6 is 31.9 Å². The molecule has 8 heteroatoms. The van der Waals surface area contributed by atoms with Crippen LogP contribution in [0.4, 0.5) is 5.69 Å². The highest BCUT2D eigenvalue weighted by molar-refractivity contribution is 9.11. The molecule has 0 aliphatic carbocycles. The molecule has 96 valence electrons. The fourth-order valence-corrected chi connectivity index (χ4v) is 3.22. The molecule has 0 amide bonds. The number of nitrogens with zero attached hydrogens (tertiary/aromatic N) is 1. The molecule has 0 saturated heterocycles. The lowest BCUT2D eigenvalue weighted by Crippen LogP contribution is -2.30. The van der Waals surface area contributed by atoms with E-state index >= 15 is 0 Å². The highest BCUT2D eigenvalue weighted by atomic mass is 79.9. The number of anilines is 1. The van der Waals surface area contributed by atoms with Gasteiger partial charge in [-0.05, 0) is 50.4 Å². The van der Waals surface area contributed by atoms with Gasteiger partial charge < -0.3 is 5.11 Å². The SMILES string of the molecule is CCCN(c1cc(Br)c(O)c(Br)c1)S(=O)(=O)O. The number of phenolic OH excluding ortho intramolecular Hbond substituents is 1. The number of rotatable bonds is 4. The summed E-state index contributed by atoms with van der Waals surface area (Å²) in [6.45, 7) is 1.95. The molecule has 1 aromatic carbocycles. The van der Waals surface area contributed by atoms with Crippen molar-refractivity contribution in [2.75, 3.05) is 10.8 Å². The third-order valence-corrected chi connectivity index (χ3v) is 4.15. The number of benzene rings is 1. The van der Waals surface area contributed by atoms with E-state index in [1.54, 1.807) is 6.92 Å². The van der Waals surface area contributed by atoms with E-state index in [9.17, 15) is 13.5 Å². The molecule has 1 aromatic rings. The van der Waals surface area contributed by atoms with Gasteiger partial charge in [0.15, 0.2) is 0 Å². The lowest BCUT2D eigenvalue weighted by molar-refractivity contribution is 0.467. The van der Waals surface area contributed by atoms with Crippen LogP contribution in [0.15, 0.2) is 21.1 Å². The van der Waals surface area contributed by atoms with Crippen LogP contribution in [-0.4, -0.2) is 24.6 Å². The molecule has 0 spiro atoms. The number of aromatic hydroxyl groups is 1. The summed E-state index contributed by atoms with van der Waals surface area (Å²) in [5.41, 5.74) is 0.269. The zero-order valence-electron chi connectivity index (χ0n) is 8.89. The van der Waals surface area contributed by atoms with Crippen molar-refractivity contribution in [1.82, 2.24) is 0 Å². The molecule has 1 rings (SSSR count). The highest BCUT2D eigenvalue weighted by Crippen LogP contribution is 2.37. The number of phenols is 1. The second-order valence-electron chi connectivity index (χ2n) is 3.31. The van der Waals surface area contributed by atoms with Crippen molar-refractivity contribution in [3.63, 3.8) is 0 Å². The van der Waals surface area contributed by atoms with Gasteiger partial charge in [-0.1, -0.05) is 6.92 Å². The third-order valence-electron chi connectivity index (χ3n) is 1.99. The van der Waals surface area contributed by atoms with Crippen molar-refractivity contribution in [2.45, 2.75) is 13.3 Å². The Balaban J connectivity index is 3.30. The van der Waals surface area contributed by atoms with Crippen LogP contribution in [0.3, 0.4) is 0 Å². The van der Waals surface area contributed by atoms with Crippen molar-refractivity contribution < 1.29 is 18.1 Å². The Hall–Kier alpha value is -0.310. The summed E-state index contributed by atoms with van der Waals surface area (Å²) in [5.74, 6) is -0.0273. The zero-order chi connectivity index (χ0) is 13.2. The van der Waals surface area contributed by atoms with Gasteiger partial charge in [-0.25, -0.2) is 4.31 Å². The van der Waals surface area contributed by atoms with Crippen molar-refractivity contribution in [3.8, 4) is 5.75 Å². The van der Waals surface area contributed by atoms with E-state index in [0.717, 1.165) is 4.31 Å². The van der Waals surface area contributed by atoms with Crippen LogP contribution in [0.25, 0.3) is 0 Å². The molecule has 0 bridgehead atoms. The standard InChI is InChI=1S/C9H11Br2NO4S/c1-2-3-12(17(14,15)16)6-4-7(10)9(13)8(11)5-6/h4-5,13H,2-3H2,1H3,(H,14,15,16). The normalized spacial score (nSPS) is 11.5. The summed E-state index contributed by atoms with van der Waals surface area (Å²) in [7, 11) is -4.32. The monoisotopic (exact) mass is 387 g/mol. The molecule has 0 saturated carbocycles. The maximum Gasteiger partial charge on any atom is 0.359 e. The molecule has 0 fully saturated rings. The predicted octanol–water partition coefficient (Wildman–Crippen LogP) is 2.94. The summed E-state index contributed by atoms with van der Waals surface area (Å²) >= 11 is 6.20. The molecular weight excluding hydrogens is 378 g/mol. The lowest BCUT2D eigenvalue weighted by Gasteiger charge is -2.21. The maximum atomic E-state index is 11.2. The smallest absolute Gasteiger partial charge is 0.359 e. The molecule has 0 aliphatic heterocycles. The summed E-state index contributed by atoms with van der Waals surface area (Å²) in [6, 6.07) is 2.84. The Labute approximate surface area is 117 Å². The van der Waals surface area contributed by atoms with E-state index in [4.69, 9.17) is 4.55 Å². The van der Waals surface area contributed by atoms with Gasteiger partial charge in [-0.2, -0.15) is 8.42 Å². The van der Waals surface area contributed by atoms with E-state index in [2.05, 4.69) is 31.9 Å². The second-order valence-corrected chi connectivity index (χ2v) is 6.35. The minimum absolute atomic E-state index is 0.0273. The fourth-order valence-electron chi connectivity index (χ4n) is 1.28. The van der Waals surface area contributed by atoms with Crippen molar-refractivity contribution >= 4 is 47.9 Å². The largest absolute Gasteiger partial charge is 0.506 e. The Kier molecular flexibility index (Phi) is 4.82. The highest BCUT2D eigenvalue weighted by Gasteiger charge is 2.20. The summed E-state index contributed by atoms with van der Waals surface area (Å²) in [5, 5.41) is 9.52. The van der Waals surface area contributed by atoms with Crippen molar-refractivity contribution in [2.24, 2.45) is 0 Å². The van der Waals surface area contributed by atoms with Gasteiger partial charge in [0.2, 0.25) is 0 Å². The van der Waals surface area contributed by atoms with Gasteiger partial charge in [0, 0.05) is 6.54 Å². The summed E-state index contributed by atoms with van der Waals surface area (Å²) in [6.07, 6.45) is 0.551. The Morgan fingerprint density at radius 2 is 1.76 bits per heavy atom. The Morgan fingerprint density at radius 1 is 1.29 bits per heavy atom. The molecule has 0 heterocycles. The number of halogens is 2. The quantitative estimate of drug-likeness (QED) is 0.777. The van der Waals surface area contributed by atoms with Crippen molar-refractivity contribution in [1.29, 1.82) is 0 Å². The predicted molar refractivity (Wildman–Crippen MR) is 72.7 cm³/mol. The number of hydrogen-bond acceptors (Lipinski definition) is 3. The van der Waals surface area contributed by atoms with Crippen molar-refractivity contribution in [3.05, 3.63) is 21.1 Å². The van der Waals surface area contributed by atoms with E-state index in [1.807, 2.05) is 0 Å². The summed E-state index contributed by atoms with van der Waals surface area (Å²) < 4.78 is 33.1. The minimum Gasteiger partial charge on any atom is -0.506 e. The Bertz CT molecular complexity index is 495. The average molecular weight is 389 g/mol. The van der Waals surface area contributed by atoms with Crippen LogP contribution in [0.2, 0.25) is 0 Å². The zero-order valence-corrected chi connectivity index (χ0v) is 12.9. The lowest BCUT2D eigenvalue weighted by atomic mass is 10.3. The summed E-state index contributed by atoms with van der Waals surface area (Å²) in [4.78, 5) is 0. The molecule has 0 aromatic heterocycles. The molecule has 17 heavy (non-hydrogen) atoms. The van der Waals surface area contributed by atoms with E-state index in [-0.39, 0.29) is 18.0 Å². The first kappa shape index (κ1) is 14.7. The molecular formula is C9H11Br2NO4S. The Morgan fingerprint density at radius 3 is 2.12 bits per heavy atom. The fraction of sp³-hybridized carbons (Fsp3) is 0.333. The molecule has 0 aliphatic rings. The first-order valence-electron chi connectivity index (χ1n) is 4.70. The first-order valence-corrected chi connectivity index (χ1v) is 7.68. The van der Waals surface area contributed by atoms with Crippen LogP contribution in [0, 0.1) is 0 Å². The van der Waals surface area contributed by atoms with E-state index < -0.39 is 10.3 Å². The average Bonchev–Trinajstić information content (AvgIpc) is 2.20. The van der Waals surface area contributed by atoms with E-state index in [1.165, 1.54) is 12.1 Å². The van der Waals surface area contributed by atoms with Crippen LogP contribution in [0.1, 0.15) is 13.3 Å². The molecule has 0 unspecified atom stereocenters. The van der Waals surface area contributed by atoms with Gasteiger partial charge in [0.25, 0.3) is 0 Å². The minimum atomic E-state index is -4.32. The topological polar surface area (TPSA) is 77.8 Å². The first-order chi connectivity index (χ1) is 7.77. The maximum absolute atomic E-state index is 11.2. The molecule has 2 N–H and O–H groups in total. The van der Waals surface area contributed by atoms with Gasteiger partial charge in [0.1, 0.15) is 5.75 Å². The van der Waals surface area contributed by atoms with Crippen LogP contribution in [-0.2, 0) is 10.3 Å². The van der Waals surface area contributed by atoms with Gasteiger partial charge in [0.05, 0.1) is 14.6 Å². The second kappa shape index (κ2) is 5.55. The third kappa shape index (κ3) is 3.57. The van der Waals surface area contributed by atoms with E-state index in [0.29, 0.717) is 15.4 Å². The molecule has 5 nitrogen and oxygen atoms in total. The number of hydrogen-bond donors (Lipinski definition) is 2. The van der Waals surface area contributed by atoms with Gasteiger partial charge >= 0.3 is 10.3 Å². The van der Waals surface area contributed by atoms with Crippen LogP contribution in [0.5, 0.6) is 5.75 Å². The van der Waals surface area contributed by atoms with Crippen LogP contribution < -0.4 is 4.31 Å².